The van der Waals surface area contributed by atoms with Crippen molar-refractivity contribution in [2.75, 3.05) is 26.2 Å². The first-order valence-electron chi connectivity index (χ1n) is 10.4. The molecule has 6 heteroatoms. The van der Waals surface area contributed by atoms with Gasteiger partial charge in [-0.3, -0.25) is 14.5 Å². The number of piperazine rings is 1. The van der Waals surface area contributed by atoms with Crippen molar-refractivity contribution >= 4 is 22.7 Å². The molecule has 1 fully saturated rings. The number of carbonyl (C=O) groups excluding carboxylic acids is 2. The number of aromatic nitrogens is 1. The van der Waals surface area contributed by atoms with E-state index in [4.69, 9.17) is 0 Å². The van der Waals surface area contributed by atoms with Gasteiger partial charge in [0.1, 0.15) is 0 Å². The van der Waals surface area contributed by atoms with Crippen molar-refractivity contribution in [1.29, 1.82) is 0 Å². The van der Waals surface area contributed by atoms with E-state index in [9.17, 15) is 9.59 Å². The summed E-state index contributed by atoms with van der Waals surface area (Å²) >= 11 is 0. The maximum atomic E-state index is 12.5. The second-order valence-corrected chi connectivity index (χ2v) is 8.06. The van der Waals surface area contributed by atoms with Gasteiger partial charge in [-0.05, 0) is 41.6 Å². The molecule has 30 heavy (non-hydrogen) atoms. The summed E-state index contributed by atoms with van der Waals surface area (Å²) in [6.07, 6.45) is 2.01. The fourth-order valence-corrected chi connectivity index (χ4v) is 3.90. The number of fused-ring (bicyclic) bond motifs is 1. The Morgan fingerprint density at radius 2 is 1.63 bits per heavy atom. The summed E-state index contributed by atoms with van der Waals surface area (Å²) in [5, 5.41) is 3.90. The highest BCUT2D eigenvalue weighted by molar-refractivity contribution is 6.35. The second-order valence-electron chi connectivity index (χ2n) is 8.06. The molecule has 0 radical (unpaired) electrons. The van der Waals surface area contributed by atoms with Gasteiger partial charge in [0.2, 0.25) is 0 Å². The molecule has 2 amide bonds. The molecular weight excluding hydrogens is 376 g/mol. The molecule has 1 N–H and O–H groups in total. The van der Waals surface area contributed by atoms with Crippen LogP contribution in [0.3, 0.4) is 0 Å². The third-order valence-corrected chi connectivity index (χ3v) is 5.78. The average Bonchev–Trinajstić information content (AvgIpc) is 3.14. The maximum Gasteiger partial charge on any atom is 0.311 e. The lowest BCUT2D eigenvalue weighted by Gasteiger charge is -2.34. The van der Waals surface area contributed by atoms with Crippen LogP contribution in [0.2, 0.25) is 0 Å². The Balaban J connectivity index is 1.25. The van der Waals surface area contributed by atoms with E-state index in [1.54, 1.807) is 4.90 Å². The van der Waals surface area contributed by atoms with Crippen LogP contribution in [0.4, 0.5) is 0 Å². The molecule has 4 rings (SSSR count). The molecule has 0 atom stereocenters. The first-order chi connectivity index (χ1) is 14.5. The zero-order valence-electron chi connectivity index (χ0n) is 17.6. The Kier molecular flexibility index (Phi) is 5.86. The van der Waals surface area contributed by atoms with Crippen molar-refractivity contribution in [2.45, 2.75) is 20.0 Å². The predicted molar refractivity (Wildman–Crippen MR) is 118 cm³/mol. The fraction of sp³-hybridized carbons (Fsp3) is 0.333. The summed E-state index contributed by atoms with van der Waals surface area (Å²) in [6.45, 7) is 6.01. The summed E-state index contributed by atoms with van der Waals surface area (Å²) in [4.78, 5) is 28.9. The average molecular weight is 405 g/mol. The lowest BCUT2D eigenvalue weighted by atomic mass is 10.1. The molecule has 1 saturated heterocycles. The van der Waals surface area contributed by atoms with Gasteiger partial charge < -0.3 is 14.8 Å². The van der Waals surface area contributed by atoms with Gasteiger partial charge in [-0.1, -0.05) is 35.9 Å². The molecule has 1 aliphatic rings. The number of benzene rings is 2. The summed E-state index contributed by atoms with van der Waals surface area (Å²) in [5.74, 6) is -0.971. The summed E-state index contributed by atoms with van der Waals surface area (Å²) in [5.41, 5.74) is 4.65. The highest BCUT2D eigenvalue weighted by Gasteiger charge is 2.25. The van der Waals surface area contributed by atoms with Gasteiger partial charge in [0.25, 0.3) is 0 Å². The number of nitrogens with one attached hydrogen (secondary N) is 1. The van der Waals surface area contributed by atoms with Crippen LogP contribution >= 0.6 is 0 Å². The van der Waals surface area contributed by atoms with Crippen LogP contribution in [0.15, 0.2) is 54.7 Å². The standard InChI is InChI=1S/C24H28N4O2/c1-18-3-5-19(6-4-18)17-27-11-13-28(14-12-27)24(30)23(29)25-16-20-7-8-22-21(15-20)9-10-26(22)2/h3-10,15H,11-14,16-17H2,1-2H3,(H,25,29). The number of carbonyl (C=O) groups is 2. The summed E-state index contributed by atoms with van der Waals surface area (Å²) in [6, 6.07) is 16.6. The third kappa shape index (κ3) is 4.54. The zero-order chi connectivity index (χ0) is 21.1. The Morgan fingerprint density at radius 1 is 0.933 bits per heavy atom. The number of hydrogen-bond donors (Lipinski definition) is 1. The Morgan fingerprint density at radius 3 is 2.37 bits per heavy atom. The van der Waals surface area contributed by atoms with Crippen LogP contribution in [0.5, 0.6) is 0 Å². The maximum absolute atomic E-state index is 12.5. The van der Waals surface area contributed by atoms with E-state index in [1.165, 1.54) is 11.1 Å². The minimum Gasteiger partial charge on any atom is -0.351 e. The quantitative estimate of drug-likeness (QED) is 0.680. The Bertz CT molecular complexity index is 1050. The lowest BCUT2D eigenvalue weighted by molar-refractivity contribution is -0.147. The van der Waals surface area contributed by atoms with Gasteiger partial charge in [0.05, 0.1) is 0 Å². The van der Waals surface area contributed by atoms with Gasteiger partial charge in [-0.15, -0.1) is 0 Å². The SMILES string of the molecule is Cc1ccc(CN2CCN(C(=O)C(=O)NCc3ccc4c(ccn4C)c3)CC2)cc1. The van der Waals surface area contributed by atoms with Gasteiger partial charge in [0, 0.05) is 58.0 Å². The van der Waals surface area contributed by atoms with E-state index in [0.29, 0.717) is 19.6 Å². The van der Waals surface area contributed by atoms with Crippen molar-refractivity contribution in [2.24, 2.45) is 7.05 Å². The molecule has 2 aromatic carbocycles. The van der Waals surface area contributed by atoms with E-state index in [1.807, 2.05) is 37.5 Å². The molecule has 0 spiro atoms. The second kappa shape index (κ2) is 8.71. The smallest absolute Gasteiger partial charge is 0.311 e. The predicted octanol–water partition coefficient (Wildman–Crippen LogP) is 2.45. The summed E-state index contributed by atoms with van der Waals surface area (Å²) in [7, 11) is 2.00. The topological polar surface area (TPSA) is 57.6 Å². The Hall–Kier alpha value is -3.12. The van der Waals surface area contributed by atoms with E-state index in [0.717, 1.165) is 36.1 Å². The molecule has 0 unspecified atom stereocenters. The van der Waals surface area contributed by atoms with Crippen molar-refractivity contribution in [3.05, 3.63) is 71.4 Å². The van der Waals surface area contributed by atoms with Gasteiger partial charge in [-0.2, -0.15) is 0 Å². The summed E-state index contributed by atoms with van der Waals surface area (Å²) < 4.78 is 2.06. The van der Waals surface area contributed by atoms with Gasteiger partial charge in [-0.25, -0.2) is 0 Å². The van der Waals surface area contributed by atoms with Crippen LogP contribution in [-0.4, -0.2) is 52.4 Å². The van der Waals surface area contributed by atoms with E-state index < -0.39 is 11.8 Å². The highest BCUT2D eigenvalue weighted by atomic mass is 16.2. The lowest BCUT2D eigenvalue weighted by Crippen LogP contribution is -2.52. The molecule has 0 bridgehead atoms. The molecule has 1 aliphatic heterocycles. The van der Waals surface area contributed by atoms with Crippen molar-refractivity contribution in [1.82, 2.24) is 19.7 Å². The molecule has 1 aromatic heterocycles. The third-order valence-electron chi connectivity index (χ3n) is 5.78. The normalized spacial score (nSPS) is 14.8. The van der Waals surface area contributed by atoms with Crippen LogP contribution in [0.1, 0.15) is 16.7 Å². The largest absolute Gasteiger partial charge is 0.351 e. The van der Waals surface area contributed by atoms with Crippen molar-refractivity contribution in [3.63, 3.8) is 0 Å². The number of hydrogen-bond acceptors (Lipinski definition) is 3. The molecule has 156 valence electrons. The molecule has 0 aliphatic carbocycles. The molecular formula is C24H28N4O2. The van der Waals surface area contributed by atoms with Crippen LogP contribution < -0.4 is 5.32 Å². The monoisotopic (exact) mass is 404 g/mol. The molecule has 6 nitrogen and oxygen atoms in total. The van der Waals surface area contributed by atoms with Gasteiger partial charge in [0.15, 0.2) is 0 Å². The Labute approximate surface area is 177 Å². The van der Waals surface area contributed by atoms with Crippen LogP contribution in [0, 0.1) is 6.92 Å². The zero-order valence-corrected chi connectivity index (χ0v) is 17.6. The van der Waals surface area contributed by atoms with Crippen molar-refractivity contribution < 1.29 is 9.59 Å². The van der Waals surface area contributed by atoms with E-state index in [-0.39, 0.29) is 0 Å². The molecule has 3 aromatic rings. The fourth-order valence-electron chi connectivity index (χ4n) is 3.90. The number of amides is 2. The van der Waals surface area contributed by atoms with Crippen molar-refractivity contribution in [3.8, 4) is 0 Å². The molecule has 0 saturated carbocycles. The highest BCUT2D eigenvalue weighted by Crippen LogP contribution is 2.16. The van der Waals surface area contributed by atoms with Gasteiger partial charge >= 0.3 is 11.8 Å². The van der Waals surface area contributed by atoms with E-state index in [2.05, 4.69) is 46.0 Å². The first kappa shape index (κ1) is 20.2. The van der Waals surface area contributed by atoms with E-state index >= 15 is 0 Å². The number of nitrogens with zero attached hydrogens (tertiary/aromatic N) is 3. The molecule has 2 heterocycles. The van der Waals surface area contributed by atoms with Crippen LogP contribution in [0.25, 0.3) is 10.9 Å². The minimum absolute atomic E-state index is 0.350. The number of aryl methyl sites for hydroxylation is 2. The van der Waals surface area contributed by atoms with Crippen LogP contribution in [-0.2, 0) is 29.7 Å². The first-order valence-corrected chi connectivity index (χ1v) is 10.4. The minimum atomic E-state index is -0.532. The number of rotatable bonds is 4.